The number of carbonyl (C=O) groups excluding carboxylic acids is 2. The number of nitrogens with zero attached hydrogens (tertiary/aromatic N) is 1. The molecule has 3 rings (SSSR count). The zero-order chi connectivity index (χ0) is 22.1. The van der Waals surface area contributed by atoms with Crippen LogP contribution in [-0.2, 0) is 4.79 Å². The van der Waals surface area contributed by atoms with Gasteiger partial charge in [-0.05, 0) is 79.7 Å². The minimum absolute atomic E-state index is 0.0672. The van der Waals surface area contributed by atoms with E-state index >= 15 is 0 Å². The number of hydrogen-bond acceptors (Lipinski definition) is 5. The number of amides is 2. The van der Waals surface area contributed by atoms with E-state index in [1.54, 1.807) is 72.8 Å². The third-order valence-corrected chi connectivity index (χ3v) is 4.32. The predicted molar refractivity (Wildman–Crippen MR) is 120 cm³/mol. The van der Waals surface area contributed by atoms with Gasteiger partial charge in [-0.25, -0.2) is 0 Å². The average Bonchev–Trinajstić information content (AvgIpc) is 2.80. The number of ether oxygens (including phenoxy) is 1. The van der Waals surface area contributed by atoms with E-state index in [0.717, 1.165) is 5.75 Å². The van der Waals surface area contributed by atoms with E-state index < -0.39 is 0 Å². The molecule has 7 nitrogen and oxygen atoms in total. The van der Waals surface area contributed by atoms with E-state index in [0.29, 0.717) is 34.8 Å². The van der Waals surface area contributed by atoms with Crippen LogP contribution in [0.1, 0.15) is 22.8 Å². The second-order valence-electron chi connectivity index (χ2n) is 6.58. The lowest BCUT2D eigenvalue weighted by atomic mass is 10.2. The Morgan fingerprint density at radius 1 is 0.839 bits per heavy atom. The largest absolute Gasteiger partial charge is 0.494 e. The molecule has 0 saturated heterocycles. The second kappa shape index (κ2) is 10.5. The van der Waals surface area contributed by atoms with Gasteiger partial charge in [0.05, 0.1) is 24.8 Å². The van der Waals surface area contributed by atoms with E-state index in [4.69, 9.17) is 10.00 Å². The fraction of sp³-hybridized carbons (Fsp3) is 0.125. The van der Waals surface area contributed by atoms with Crippen molar-refractivity contribution in [3.8, 4) is 11.8 Å². The zero-order valence-electron chi connectivity index (χ0n) is 17.0. The smallest absolute Gasteiger partial charge is 0.255 e. The minimum Gasteiger partial charge on any atom is -0.494 e. The molecule has 156 valence electrons. The summed E-state index contributed by atoms with van der Waals surface area (Å²) in [6.45, 7) is 2.57. The first-order chi connectivity index (χ1) is 15.1. The summed E-state index contributed by atoms with van der Waals surface area (Å²) in [5.74, 6) is 0.301. The lowest BCUT2D eigenvalue weighted by molar-refractivity contribution is -0.114. The summed E-state index contributed by atoms with van der Waals surface area (Å²) in [6.07, 6.45) is 0. The van der Waals surface area contributed by atoms with Crippen LogP contribution in [0.3, 0.4) is 0 Å². The fourth-order valence-corrected chi connectivity index (χ4v) is 2.76. The minimum atomic E-state index is -0.228. The highest BCUT2D eigenvalue weighted by atomic mass is 16.5. The van der Waals surface area contributed by atoms with Crippen LogP contribution in [0.2, 0.25) is 0 Å². The van der Waals surface area contributed by atoms with Crippen molar-refractivity contribution in [1.29, 1.82) is 5.26 Å². The van der Waals surface area contributed by atoms with Crippen molar-refractivity contribution in [1.82, 2.24) is 0 Å². The van der Waals surface area contributed by atoms with Crippen molar-refractivity contribution in [3.05, 3.63) is 83.9 Å². The lowest BCUT2D eigenvalue weighted by Gasteiger charge is -2.09. The van der Waals surface area contributed by atoms with Crippen molar-refractivity contribution in [2.75, 3.05) is 29.1 Å². The Hall–Kier alpha value is -4.31. The zero-order valence-corrected chi connectivity index (χ0v) is 17.0. The maximum absolute atomic E-state index is 12.4. The summed E-state index contributed by atoms with van der Waals surface area (Å²) in [6, 6.07) is 22.7. The van der Waals surface area contributed by atoms with Gasteiger partial charge in [-0.3, -0.25) is 9.59 Å². The van der Waals surface area contributed by atoms with E-state index in [-0.39, 0.29) is 18.4 Å². The van der Waals surface area contributed by atoms with Gasteiger partial charge in [0, 0.05) is 22.6 Å². The molecular weight excluding hydrogens is 392 g/mol. The van der Waals surface area contributed by atoms with E-state index in [1.165, 1.54) is 0 Å². The molecule has 7 heteroatoms. The second-order valence-corrected chi connectivity index (χ2v) is 6.58. The quantitative estimate of drug-likeness (QED) is 0.511. The van der Waals surface area contributed by atoms with Gasteiger partial charge in [-0.1, -0.05) is 0 Å². The van der Waals surface area contributed by atoms with Crippen LogP contribution in [0.25, 0.3) is 0 Å². The van der Waals surface area contributed by atoms with Crippen molar-refractivity contribution in [2.24, 2.45) is 0 Å². The number of hydrogen-bond donors (Lipinski definition) is 3. The van der Waals surface area contributed by atoms with E-state index in [2.05, 4.69) is 16.0 Å². The summed E-state index contributed by atoms with van der Waals surface area (Å²) in [4.78, 5) is 24.5. The summed E-state index contributed by atoms with van der Waals surface area (Å²) < 4.78 is 5.39. The molecule has 3 aromatic carbocycles. The Morgan fingerprint density at radius 3 is 2.03 bits per heavy atom. The average molecular weight is 414 g/mol. The number of nitrogens with one attached hydrogen (secondary N) is 3. The van der Waals surface area contributed by atoms with Gasteiger partial charge < -0.3 is 20.7 Å². The number of carbonyl (C=O) groups is 2. The molecular formula is C24H22N4O3. The van der Waals surface area contributed by atoms with Crippen LogP contribution in [0.5, 0.6) is 5.75 Å². The Kier molecular flexibility index (Phi) is 7.22. The van der Waals surface area contributed by atoms with Crippen LogP contribution in [0, 0.1) is 11.3 Å². The first-order valence-corrected chi connectivity index (χ1v) is 9.75. The summed E-state index contributed by atoms with van der Waals surface area (Å²) >= 11 is 0. The normalized spacial score (nSPS) is 9.94. The first kappa shape index (κ1) is 21.4. The fourth-order valence-electron chi connectivity index (χ4n) is 2.76. The molecule has 0 spiro atoms. The Bertz CT molecular complexity index is 1070. The molecule has 0 saturated carbocycles. The molecule has 0 aliphatic rings. The van der Waals surface area contributed by atoms with Crippen molar-refractivity contribution in [3.63, 3.8) is 0 Å². The van der Waals surface area contributed by atoms with E-state index in [1.807, 2.05) is 13.0 Å². The van der Waals surface area contributed by atoms with Crippen molar-refractivity contribution < 1.29 is 14.3 Å². The summed E-state index contributed by atoms with van der Waals surface area (Å²) in [5.41, 5.74) is 3.04. The van der Waals surface area contributed by atoms with Crippen molar-refractivity contribution in [2.45, 2.75) is 6.92 Å². The van der Waals surface area contributed by atoms with Crippen LogP contribution in [0.4, 0.5) is 17.1 Å². The molecule has 3 N–H and O–H groups in total. The van der Waals surface area contributed by atoms with Crippen molar-refractivity contribution >= 4 is 28.9 Å². The molecule has 31 heavy (non-hydrogen) atoms. The van der Waals surface area contributed by atoms with Gasteiger partial charge in [0.2, 0.25) is 5.91 Å². The number of rotatable bonds is 8. The summed E-state index contributed by atoms with van der Waals surface area (Å²) in [7, 11) is 0. The van der Waals surface area contributed by atoms with Gasteiger partial charge >= 0.3 is 0 Å². The van der Waals surface area contributed by atoms with E-state index in [9.17, 15) is 9.59 Å². The predicted octanol–water partition coefficient (Wildman–Crippen LogP) is 4.26. The monoisotopic (exact) mass is 414 g/mol. The Balaban J connectivity index is 1.49. The molecule has 0 fully saturated rings. The van der Waals surface area contributed by atoms with Crippen LogP contribution in [-0.4, -0.2) is 25.0 Å². The standard InChI is InChI=1S/C24H22N4O3/c1-2-31-22-13-11-21(12-14-22)28-24(30)18-5-9-19(10-6-18)26-16-23(29)27-20-7-3-17(15-25)4-8-20/h3-14,26H,2,16H2,1H3,(H,27,29)(H,28,30). The van der Waals surface area contributed by atoms with Crippen LogP contribution in [0.15, 0.2) is 72.8 Å². The number of nitriles is 1. The van der Waals surface area contributed by atoms with Gasteiger partial charge in [-0.15, -0.1) is 0 Å². The maximum Gasteiger partial charge on any atom is 0.255 e. The summed E-state index contributed by atoms with van der Waals surface area (Å²) in [5, 5.41) is 17.4. The Morgan fingerprint density at radius 2 is 1.42 bits per heavy atom. The molecule has 0 aromatic heterocycles. The highest BCUT2D eigenvalue weighted by Gasteiger charge is 2.07. The Labute approximate surface area is 180 Å². The highest BCUT2D eigenvalue weighted by Crippen LogP contribution is 2.17. The molecule has 3 aromatic rings. The molecule has 0 radical (unpaired) electrons. The molecule has 0 atom stereocenters. The van der Waals surface area contributed by atoms with Gasteiger partial charge in [-0.2, -0.15) is 5.26 Å². The third kappa shape index (κ3) is 6.34. The molecule has 0 bridgehead atoms. The highest BCUT2D eigenvalue weighted by molar-refractivity contribution is 6.04. The lowest BCUT2D eigenvalue weighted by Crippen LogP contribution is -2.21. The maximum atomic E-state index is 12.4. The third-order valence-electron chi connectivity index (χ3n) is 4.32. The molecule has 0 heterocycles. The molecule has 2 amide bonds. The topological polar surface area (TPSA) is 103 Å². The SMILES string of the molecule is CCOc1ccc(NC(=O)c2ccc(NCC(=O)Nc3ccc(C#N)cc3)cc2)cc1. The number of anilines is 3. The van der Waals surface area contributed by atoms with Crippen LogP contribution >= 0.6 is 0 Å². The van der Waals surface area contributed by atoms with Gasteiger partial charge in [0.1, 0.15) is 5.75 Å². The number of benzene rings is 3. The molecule has 0 aliphatic carbocycles. The van der Waals surface area contributed by atoms with Crippen LogP contribution < -0.4 is 20.7 Å². The molecule has 0 unspecified atom stereocenters. The van der Waals surface area contributed by atoms with Gasteiger partial charge in [0.15, 0.2) is 0 Å². The first-order valence-electron chi connectivity index (χ1n) is 9.75. The van der Waals surface area contributed by atoms with Gasteiger partial charge in [0.25, 0.3) is 5.91 Å². The molecule has 0 aliphatic heterocycles.